The van der Waals surface area contributed by atoms with E-state index in [1.165, 1.54) is 11.4 Å². The minimum Gasteiger partial charge on any atom is -0.454 e. The van der Waals surface area contributed by atoms with Crippen LogP contribution >= 0.6 is 17.2 Å². The molecule has 2 atom stereocenters. The Hall–Kier alpha value is -0.841. The second kappa shape index (κ2) is 9.77. The van der Waals surface area contributed by atoms with Gasteiger partial charge in [-0.1, -0.05) is 70.1 Å². The van der Waals surface area contributed by atoms with Crippen molar-refractivity contribution in [2.75, 3.05) is 0 Å². The van der Waals surface area contributed by atoms with Gasteiger partial charge >= 0.3 is 0 Å². The second-order valence-electron chi connectivity index (χ2n) is 9.04. The second-order valence-corrected chi connectivity index (χ2v) is 14.4. The normalized spacial score (nSPS) is 13.7. The molecule has 8 heteroatoms. The number of rotatable bonds is 2. The van der Waals surface area contributed by atoms with Gasteiger partial charge in [-0.05, 0) is 37.1 Å². The van der Waals surface area contributed by atoms with Crippen LogP contribution in [0.3, 0.4) is 0 Å². The van der Waals surface area contributed by atoms with Crippen molar-refractivity contribution < 1.29 is 20.1 Å². The van der Waals surface area contributed by atoms with Crippen molar-refractivity contribution in [2.24, 2.45) is 14.1 Å². The van der Waals surface area contributed by atoms with Crippen molar-refractivity contribution in [1.82, 2.24) is 18.5 Å². The largest absolute Gasteiger partial charge is 0.454 e. The molecule has 0 aromatic heterocycles. The van der Waals surface area contributed by atoms with Gasteiger partial charge in [0.25, 0.3) is 0 Å². The van der Waals surface area contributed by atoms with Crippen LogP contribution in [0.4, 0.5) is 0 Å². The first-order valence-electron chi connectivity index (χ1n) is 9.17. The number of fused-ring (bicyclic) bond motifs is 3. The first-order chi connectivity index (χ1) is 12.4. The molecule has 5 nitrogen and oxygen atoms in total. The van der Waals surface area contributed by atoms with Gasteiger partial charge in [0.05, 0.1) is 11.5 Å². The molecule has 0 aliphatic carbocycles. The van der Waals surface area contributed by atoms with Gasteiger partial charge in [0.2, 0.25) is 0 Å². The predicted octanol–water partition coefficient (Wildman–Crippen LogP) is 5.17. The Labute approximate surface area is 186 Å². The van der Waals surface area contributed by atoms with Gasteiger partial charge in [-0.2, -0.15) is 5.26 Å². The van der Waals surface area contributed by atoms with Crippen molar-refractivity contribution in [2.45, 2.75) is 57.3 Å². The van der Waals surface area contributed by atoms with Gasteiger partial charge in [0.1, 0.15) is 0 Å². The first-order valence-corrected chi connectivity index (χ1v) is 11.3. The molecule has 0 fully saturated rings. The van der Waals surface area contributed by atoms with Gasteiger partial charge in [0, 0.05) is 20.1 Å². The standard InChI is InChI=1S/C10H12N4.C10H21NP2.Ir/c1-11-5-9-3-4-10-6-12(2)8-14(10)13(9)7-11;1-9(2,3)12-8(7-11)13-10(4,5)6;/h3-8H,1-2H3;8,12-13H,1-6H3;/q-2;;. The molecule has 0 aromatic rings. The summed E-state index contributed by atoms with van der Waals surface area (Å²) in [6, 6.07) is 6.68. The molecule has 2 unspecified atom stereocenters. The zero-order valence-corrected chi connectivity index (χ0v) is 22.5. The molecule has 3 heterocycles. The van der Waals surface area contributed by atoms with Crippen LogP contribution in [0.2, 0.25) is 0 Å². The van der Waals surface area contributed by atoms with E-state index in [1.54, 1.807) is 0 Å². The van der Waals surface area contributed by atoms with Crippen molar-refractivity contribution in [3.8, 4) is 17.4 Å². The van der Waals surface area contributed by atoms with Crippen LogP contribution in [0.25, 0.3) is 11.4 Å². The quantitative estimate of drug-likeness (QED) is 0.297. The van der Waals surface area contributed by atoms with Crippen molar-refractivity contribution in [3.63, 3.8) is 0 Å². The molecule has 0 N–H and O–H groups in total. The van der Waals surface area contributed by atoms with Crippen molar-refractivity contribution in [3.05, 3.63) is 37.2 Å². The fourth-order valence-electron chi connectivity index (χ4n) is 2.82. The molecule has 3 aliphatic rings. The van der Waals surface area contributed by atoms with Gasteiger partial charge in [-0.15, -0.1) is 24.5 Å². The number of aryl methyl sites for hydroxylation is 2. The summed E-state index contributed by atoms with van der Waals surface area (Å²) >= 11 is 0. The van der Waals surface area contributed by atoms with E-state index in [-0.39, 0.29) is 25.5 Å². The number of hydrogen-bond acceptors (Lipinski definition) is 1. The first kappa shape index (κ1) is 25.2. The predicted molar refractivity (Wildman–Crippen MR) is 120 cm³/mol. The molecular weight excluding hydrogens is 564 g/mol. The van der Waals surface area contributed by atoms with Crippen LogP contribution in [0.15, 0.2) is 37.2 Å². The van der Waals surface area contributed by atoms with Gasteiger partial charge in [-0.3, -0.25) is 0 Å². The minimum absolute atomic E-state index is 0. The number of imidazole rings is 2. The van der Waals surface area contributed by atoms with Crippen LogP contribution in [-0.2, 0) is 34.2 Å². The molecule has 3 rings (SSSR count). The average Bonchev–Trinajstić information content (AvgIpc) is 3.05. The van der Waals surface area contributed by atoms with Crippen LogP contribution < -0.4 is 0 Å². The maximum atomic E-state index is 9.02. The zero-order valence-electron chi connectivity index (χ0n) is 18.1. The fourth-order valence-corrected chi connectivity index (χ4v) is 7.56. The van der Waals surface area contributed by atoms with Crippen molar-refractivity contribution >= 4 is 17.2 Å². The number of hydrogen-bond donors (Lipinski definition) is 0. The Morgan fingerprint density at radius 2 is 1.21 bits per heavy atom. The summed E-state index contributed by atoms with van der Waals surface area (Å²) in [4.78, 5) is 0. The summed E-state index contributed by atoms with van der Waals surface area (Å²) in [5.41, 5.74) is 2.38. The molecule has 0 saturated heterocycles. The summed E-state index contributed by atoms with van der Waals surface area (Å²) in [6.45, 7) is 13.3. The van der Waals surface area contributed by atoms with Crippen LogP contribution in [0, 0.1) is 11.3 Å². The topological polar surface area (TPSA) is 43.5 Å². The average molecular weight is 598 g/mol. The molecule has 0 saturated carbocycles. The monoisotopic (exact) mass is 598 g/mol. The van der Waals surface area contributed by atoms with E-state index in [0.29, 0.717) is 10.3 Å². The van der Waals surface area contributed by atoms with Crippen LogP contribution in [0.5, 0.6) is 0 Å². The number of nitrogens with zero attached hydrogens (tertiary/aromatic N) is 5. The summed E-state index contributed by atoms with van der Waals surface area (Å²) in [6.07, 6.45) is 8.31. The maximum absolute atomic E-state index is 9.02. The SMILES string of the molecule is CC(C)(C)PC(C#N)PC(C)(C)C.Cn1cc2ccc3cn(C)[cH-]n-3n-2[cH-]1.[Ir]. The van der Waals surface area contributed by atoms with Gasteiger partial charge in [0.15, 0.2) is 0 Å². The summed E-state index contributed by atoms with van der Waals surface area (Å²) in [5, 5.41) is 9.89. The minimum atomic E-state index is 0. The van der Waals surface area contributed by atoms with Crippen LogP contribution in [-0.4, -0.2) is 34.2 Å². The Balaban J connectivity index is 0.000000272. The summed E-state index contributed by atoms with van der Waals surface area (Å²) in [7, 11) is 5.58. The van der Waals surface area contributed by atoms with E-state index >= 15 is 0 Å². The van der Waals surface area contributed by atoms with Gasteiger partial charge < -0.3 is 18.5 Å². The summed E-state index contributed by atoms with van der Waals surface area (Å²) < 4.78 is 8.34. The molecule has 3 aliphatic heterocycles. The molecule has 28 heavy (non-hydrogen) atoms. The van der Waals surface area contributed by atoms with E-state index < -0.39 is 0 Å². The Kier molecular flexibility index (Phi) is 8.80. The third-order valence-corrected chi connectivity index (χ3v) is 7.16. The van der Waals surface area contributed by atoms with Crippen molar-refractivity contribution in [1.29, 1.82) is 5.26 Å². The Morgan fingerprint density at radius 1 is 0.857 bits per heavy atom. The molecule has 159 valence electrons. The third-order valence-electron chi connectivity index (χ3n) is 3.72. The molecule has 0 aromatic carbocycles. The molecule has 0 bridgehead atoms. The van der Waals surface area contributed by atoms with E-state index in [1.807, 2.05) is 14.1 Å². The number of aromatic nitrogens is 4. The molecule has 0 spiro atoms. The fraction of sp³-hybridized carbons (Fsp3) is 0.550. The molecule has 1 radical (unpaired) electrons. The molecular formula is C20H33IrN5P2-2. The zero-order chi connectivity index (χ0) is 20.4. The maximum Gasteiger partial charge on any atom is 0.0807 e. The Morgan fingerprint density at radius 3 is 1.50 bits per heavy atom. The van der Waals surface area contributed by atoms with E-state index in [4.69, 9.17) is 5.26 Å². The van der Waals surface area contributed by atoms with E-state index in [2.05, 4.69) is 103 Å². The third kappa shape index (κ3) is 7.53. The smallest absolute Gasteiger partial charge is 0.0807 e. The summed E-state index contributed by atoms with van der Waals surface area (Å²) in [5.74, 6) is 0. The van der Waals surface area contributed by atoms with E-state index in [9.17, 15) is 0 Å². The van der Waals surface area contributed by atoms with Crippen LogP contribution in [0.1, 0.15) is 41.5 Å². The Bertz CT molecular complexity index is 802. The van der Waals surface area contributed by atoms with E-state index in [0.717, 1.165) is 17.2 Å². The molecule has 0 amide bonds. The number of nitriles is 1. The van der Waals surface area contributed by atoms with Gasteiger partial charge in [-0.25, -0.2) is 0 Å².